The average Bonchev–Trinajstić information content (AvgIpc) is 3.16. The van der Waals surface area contributed by atoms with Crippen molar-refractivity contribution in [2.75, 3.05) is 12.0 Å². The molecular weight excluding hydrogens is 429 g/mol. The van der Waals surface area contributed by atoms with Crippen LogP contribution in [0.5, 0.6) is 5.75 Å². The Morgan fingerprint density at radius 1 is 1.19 bits per heavy atom. The highest BCUT2D eigenvalue weighted by molar-refractivity contribution is 7.10. The number of carbonyl (C=O) groups is 2. The predicted octanol–water partition coefficient (Wildman–Crippen LogP) is 5.15. The summed E-state index contributed by atoms with van der Waals surface area (Å²) in [5.41, 5.74) is 0.593. The largest absolute Gasteiger partial charge is 0.497 e. The van der Waals surface area contributed by atoms with Crippen LogP contribution in [0.2, 0.25) is 0 Å². The molecule has 1 aromatic carbocycles. The number of alkyl halides is 3. The third kappa shape index (κ3) is 5.39. The molecule has 1 atom stereocenters. The molecule has 1 fully saturated rings. The summed E-state index contributed by atoms with van der Waals surface area (Å²) in [6.45, 7) is 1.72. The number of benzene rings is 1. The molecule has 0 bridgehead atoms. The van der Waals surface area contributed by atoms with Gasteiger partial charge < -0.3 is 10.1 Å². The highest BCUT2D eigenvalue weighted by atomic mass is 32.1. The maximum Gasteiger partial charge on any atom is 0.471 e. The van der Waals surface area contributed by atoms with Crippen molar-refractivity contribution in [1.82, 2.24) is 5.32 Å². The monoisotopic (exact) mass is 454 g/mol. The molecule has 1 aromatic heterocycles. The van der Waals surface area contributed by atoms with Crippen LogP contribution < -0.4 is 15.0 Å². The molecule has 0 aliphatic heterocycles. The van der Waals surface area contributed by atoms with Crippen LogP contribution in [-0.4, -0.2) is 31.1 Å². The number of halogens is 3. The maximum absolute atomic E-state index is 13.6. The maximum atomic E-state index is 13.6. The lowest BCUT2D eigenvalue weighted by atomic mass is 9.95. The van der Waals surface area contributed by atoms with E-state index in [2.05, 4.69) is 5.32 Å². The molecule has 0 saturated heterocycles. The topological polar surface area (TPSA) is 58.6 Å². The van der Waals surface area contributed by atoms with Gasteiger partial charge >= 0.3 is 12.1 Å². The van der Waals surface area contributed by atoms with E-state index in [9.17, 15) is 22.8 Å². The van der Waals surface area contributed by atoms with E-state index < -0.39 is 24.0 Å². The average molecular weight is 455 g/mol. The first-order chi connectivity index (χ1) is 14.7. The van der Waals surface area contributed by atoms with Crippen LogP contribution in [-0.2, 0) is 9.59 Å². The predicted molar refractivity (Wildman–Crippen MR) is 113 cm³/mol. The van der Waals surface area contributed by atoms with E-state index >= 15 is 0 Å². The molecule has 3 rings (SSSR count). The van der Waals surface area contributed by atoms with Crippen LogP contribution in [0.15, 0.2) is 35.7 Å². The number of amides is 2. The molecule has 168 valence electrons. The van der Waals surface area contributed by atoms with Crippen LogP contribution >= 0.6 is 11.3 Å². The molecule has 1 saturated carbocycles. The fourth-order valence-electron chi connectivity index (χ4n) is 3.83. The van der Waals surface area contributed by atoms with Crippen LogP contribution in [0, 0.1) is 6.92 Å². The number of nitrogens with zero attached hydrogens (tertiary/aromatic N) is 1. The summed E-state index contributed by atoms with van der Waals surface area (Å²) in [5, 5.41) is 4.60. The third-order valence-corrected chi connectivity index (χ3v) is 6.47. The lowest BCUT2D eigenvalue weighted by molar-refractivity contribution is -0.171. The summed E-state index contributed by atoms with van der Waals surface area (Å²) in [7, 11) is 1.38. The highest BCUT2D eigenvalue weighted by Gasteiger charge is 2.48. The minimum atomic E-state index is -5.16. The number of nitrogens with one attached hydrogen (secondary N) is 1. The molecule has 9 heteroatoms. The zero-order valence-corrected chi connectivity index (χ0v) is 18.2. The Kier molecular flexibility index (Phi) is 7.25. The number of aryl methyl sites for hydroxylation is 1. The number of carbonyl (C=O) groups excluding carboxylic acids is 2. The molecule has 0 unspecified atom stereocenters. The zero-order valence-electron chi connectivity index (χ0n) is 17.4. The number of rotatable bonds is 6. The Balaban J connectivity index is 2.08. The van der Waals surface area contributed by atoms with E-state index in [0.717, 1.165) is 43.4 Å². The van der Waals surface area contributed by atoms with Gasteiger partial charge in [-0.1, -0.05) is 25.3 Å². The second-order valence-corrected chi connectivity index (χ2v) is 8.54. The number of hydrogen-bond acceptors (Lipinski definition) is 4. The standard InChI is InChI=1S/C22H25F3N2O3S/c1-14-11-12-31-19(14)18(20(28)26-15-7-4-3-5-8-15)27(21(29)22(23,24)25)16-9-6-10-17(13-16)30-2/h6,9-13,15,18H,3-5,7-8H2,1-2H3,(H,26,28)/t18-/m1/s1. The Hall–Kier alpha value is -2.55. The van der Waals surface area contributed by atoms with E-state index in [4.69, 9.17) is 4.74 Å². The molecule has 1 heterocycles. The van der Waals surface area contributed by atoms with E-state index in [1.807, 2.05) is 0 Å². The van der Waals surface area contributed by atoms with Gasteiger partial charge in [-0.25, -0.2) is 0 Å². The summed E-state index contributed by atoms with van der Waals surface area (Å²) < 4.78 is 46.1. The van der Waals surface area contributed by atoms with Gasteiger partial charge in [0, 0.05) is 22.7 Å². The molecule has 1 N–H and O–H groups in total. The van der Waals surface area contributed by atoms with Gasteiger partial charge in [-0.05, 0) is 48.9 Å². The number of hydrogen-bond donors (Lipinski definition) is 1. The normalized spacial score (nSPS) is 15.9. The van der Waals surface area contributed by atoms with Crippen LogP contribution in [0.25, 0.3) is 0 Å². The van der Waals surface area contributed by atoms with Crippen molar-refractivity contribution in [3.05, 3.63) is 46.2 Å². The SMILES string of the molecule is COc1cccc(N(C(=O)C(F)(F)F)[C@@H](C(=O)NC2CCCCC2)c2sccc2C)c1. The second kappa shape index (κ2) is 9.72. The summed E-state index contributed by atoms with van der Waals surface area (Å²) in [6, 6.07) is 5.92. The van der Waals surface area contributed by atoms with Crippen LogP contribution in [0.3, 0.4) is 0 Å². The van der Waals surface area contributed by atoms with Crippen molar-refractivity contribution in [3.8, 4) is 5.75 Å². The van der Waals surface area contributed by atoms with Gasteiger partial charge in [0.1, 0.15) is 5.75 Å². The number of thiophene rings is 1. The zero-order chi connectivity index (χ0) is 22.6. The van der Waals surface area contributed by atoms with E-state index in [1.54, 1.807) is 24.4 Å². The third-order valence-electron chi connectivity index (χ3n) is 5.40. The Bertz CT molecular complexity index is 923. The summed E-state index contributed by atoms with van der Waals surface area (Å²) in [6.07, 6.45) is -0.633. The van der Waals surface area contributed by atoms with Crippen LogP contribution in [0.1, 0.15) is 48.6 Å². The minimum Gasteiger partial charge on any atom is -0.497 e. The molecular formula is C22H25F3N2O3S. The fourth-order valence-corrected chi connectivity index (χ4v) is 4.84. The lowest BCUT2D eigenvalue weighted by Gasteiger charge is -2.33. The molecule has 0 radical (unpaired) electrons. The summed E-state index contributed by atoms with van der Waals surface area (Å²) in [4.78, 5) is 26.9. The van der Waals surface area contributed by atoms with Crippen molar-refractivity contribution < 1.29 is 27.5 Å². The molecule has 31 heavy (non-hydrogen) atoms. The van der Waals surface area contributed by atoms with Gasteiger partial charge in [-0.15, -0.1) is 11.3 Å². The number of ether oxygens (including phenoxy) is 1. The molecule has 1 aliphatic carbocycles. The van der Waals surface area contributed by atoms with Crippen molar-refractivity contribution in [2.24, 2.45) is 0 Å². The van der Waals surface area contributed by atoms with Crippen molar-refractivity contribution in [3.63, 3.8) is 0 Å². The van der Waals surface area contributed by atoms with E-state index in [-0.39, 0.29) is 17.5 Å². The second-order valence-electron chi connectivity index (χ2n) is 7.59. The van der Waals surface area contributed by atoms with Crippen LogP contribution in [0.4, 0.5) is 18.9 Å². The number of methoxy groups -OCH3 is 1. The minimum absolute atomic E-state index is 0.0572. The first kappa shape index (κ1) is 23.1. The summed E-state index contributed by atoms with van der Waals surface area (Å²) >= 11 is 1.16. The molecule has 1 aliphatic rings. The quantitative estimate of drug-likeness (QED) is 0.657. The van der Waals surface area contributed by atoms with E-state index in [1.165, 1.54) is 25.3 Å². The summed E-state index contributed by atoms with van der Waals surface area (Å²) in [5.74, 6) is -2.43. The fraction of sp³-hybridized carbons (Fsp3) is 0.455. The van der Waals surface area contributed by atoms with Gasteiger partial charge in [0.15, 0.2) is 6.04 Å². The van der Waals surface area contributed by atoms with Gasteiger partial charge in [0.05, 0.1) is 7.11 Å². The van der Waals surface area contributed by atoms with Crippen molar-refractivity contribution in [2.45, 2.75) is 57.3 Å². The highest BCUT2D eigenvalue weighted by Crippen LogP contribution is 2.37. The van der Waals surface area contributed by atoms with Gasteiger partial charge in [-0.3, -0.25) is 14.5 Å². The molecule has 2 amide bonds. The molecule has 2 aromatic rings. The molecule has 0 spiro atoms. The Labute approximate surface area is 183 Å². The molecule has 5 nitrogen and oxygen atoms in total. The van der Waals surface area contributed by atoms with Gasteiger partial charge in [-0.2, -0.15) is 13.2 Å². The lowest BCUT2D eigenvalue weighted by Crippen LogP contribution is -2.50. The smallest absolute Gasteiger partial charge is 0.471 e. The Morgan fingerprint density at radius 3 is 2.48 bits per heavy atom. The van der Waals surface area contributed by atoms with Crippen molar-refractivity contribution >= 4 is 28.8 Å². The van der Waals surface area contributed by atoms with Gasteiger partial charge in [0.2, 0.25) is 5.91 Å². The van der Waals surface area contributed by atoms with E-state index in [0.29, 0.717) is 15.3 Å². The van der Waals surface area contributed by atoms with Gasteiger partial charge in [0.25, 0.3) is 0 Å². The van der Waals surface area contributed by atoms with Crippen molar-refractivity contribution in [1.29, 1.82) is 0 Å². The first-order valence-corrected chi connectivity index (χ1v) is 11.0. The Morgan fingerprint density at radius 2 is 1.90 bits per heavy atom. The number of anilines is 1. The first-order valence-electron chi connectivity index (χ1n) is 10.1.